The van der Waals surface area contributed by atoms with Gasteiger partial charge in [-0.2, -0.15) is 4.31 Å². The van der Waals surface area contributed by atoms with Crippen LogP contribution in [0.15, 0.2) is 47.5 Å². The fourth-order valence-electron chi connectivity index (χ4n) is 4.03. The highest BCUT2D eigenvalue weighted by atomic mass is 35.5. The number of nitrogens with zero attached hydrogens (tertiary/aromatic N) is 3. The minimum absolute atomic E-state index is 0.138. The third-order valence-electron chi connectivity index (χ3n) is 5.49. The molecule has 0 spiro atoms. The van der Waals surface area contributed by atoms with Gasteiger partial charge in [0.15, 0.2) is 0 Å². The Labute approximate surface area is 173 Å². The first kappa shape index (κ1) is 19.9. The van der Waals surface area contributed by atoms with E-state index in [4.69, 9.17) is 11.6 Å². The summed E-state index contributed by atoms with van der Waals surface area (Å²) >= 11 is 5.88. The van der Waals surface area contributed by atoms with Gasteiger partial charge in [0.05, 0.1) is 15.9 Å². The summed E-state index contributed by atoms with van der Waals surface area (Å²) in [5, 5.41) is 9.78. The molecule has 1 aliphatic carbocycles. The first-order chi connectivity index (χ1) is 13.8. The number of carbonyl (C=O) groups is 1. The number of hydrogen-bond acceptors (Lipinski definition) is 4. The number of benzene rings is 1. The molecule has 4 rings (SSSR count). The summed E-state index contributed by atoms with van der Waals surface area (Å²) in [5.74, 6) is -0.918. The van der Waals surface area contributed by atoms with E-state index in [0.29, 0.717) is 24.3 Å². The van der Waals surface area contributed by atoms with E-state index < -0.39 is 16.0 Å². The lowest BCUT2D eigenvalue weighted by molar-refractivity contribution is -0.137. The van der Waals surface area contributed by atoms with Gasteiger partial charge in [-0.25, -0.2) is 8.42 Å². The van der Waals surface area contributed by atoms with Crippen molar-refractivity contribution in [3.05, 3.63) is 58.9 Å². The Kier molecular flexibility index (Phi) is 5.10. The highest BCUT2D eigenvalue weighted by Gasteiger charge is 2.33. The highest BCUT2D eigenvalue weighted by molar-refractivity contribution is 7.89. The standard InChI is InChI=1S/C20H20ClN3O4S/c1-23(29(27,28)15-7-4-13(21)5-8-15)14-6-9-17-16(11-14)20-18(3-2-10-22-20)24(17)12-19(25)26/h2-5,7-8,10,14H,6,9,11-12H2,1H3,(H,25,26). The molecule has 2 heterocycles. The van der Waals surface area contributed by atoms with E-state index in [0.717, 1.165) is 22.3 Å². The maximum absolute atomic E-state index is 13.1. The van der Waals surface area contributed by atoms with Crippen LogP contribution in [0.25, 0.3) is 11.0 Å². The molecule has 29 heavy (non-hydrogen) atoms. The van der Waals surface area contributed by atoms with Gasteiger partial charge >= 0.3 is 5.97 Å². The Morgan fingerprint density at radius 2 is 2.03 bits per heavy atom. The third kappa shape index (κ3) is 3.52. The van der Waals surface area contributed by atoms with Crippen molar-refractivity contribution >= 4 is 38.6 Å². The van der Waals surface area contributed by atoms with Gasteiger partial charge in [0.2, 0.25) is 10.0 Å². The molecule has 1 aliphatic rings. The number of aliphatic carboxylic acids is 1. The lowest BCUT2D eigenvalue weighted by Crippen LogP contribution is -2.40. The lowest BCUT2D eigenvalue weighted by atomic mass is 9.92. The van der Waals surface area contributed by atoms with E-state index in [1.165, 1.54) is 16.4 Å². The molecule has 0 saturated carbocycles. The van der Waals surface area contributed by atoms with Gasteiger partial charge in [0.25, 0.3) is 0 Å². The monoisotopic (exact) mass is 433 g/mol. The number of sulfonamides is 1. The molecule has 3 aromatic rings. The topological polar surface area (TPSA) is 92.5 Å². The number of pyridine rings is 1. The molecule has 0 radical (unpaired) electrons. The molecular formula is C20H20ClN3O4S. The van der Waals surface area contributed by atoms with Crippen LogP contribution in [-0.4, -0.2) is 46.4 Å². The number of carboxylic acids is 1. The molecule has 9 heteroatoms. The SMILES string of the molecule is CN(C1CCc2c(c3ncccc3n2CC(=O)O)C1)S(=O)(=O)c1ccc(Cl)cc1. The Morgan fingerprint density at radius 3 is 2.72 bits per heavy atom. The minimum Gasteiger partial charge on any atom is -0.480 e. The van der Waals surface area contributed by atoms with Crippen molar-refractivity contribution in [3.8, 4) is 0 Å². The molecule has 0 bridgehead atoms. The van der Waals surface area contributed by atoms with Crippen LogP contribution in [0.5, 0.6) is 0 Å². The average Bonchev–Trinajstić information content (AvgIpc) is 3.00. The van der Waals surface area contributed by atoms with Crippen LogP contribution in [-0.2, 0) is 34.2 Å². The summed E-state index contributed by atoms with van der Waals surface area (Å²) < 4.78 is 29.3. The summed E-state index contributed by atoms with van der Waals surface area (Å²) in [4.78, 5) is 16.0. The molecule has 1 N–H and O–H groups in total. The van der Waals surface area contributed by atoms with Crippen molar-refractivity contribution in [2.75, 3.05) is 7.05 Å². The van der Waals surface area contributed by atoms with E-state index in [1.54, 1.807) is 36.0 Å². The fourth-order valence-corrected chi connectivity index (χ4v) is 5.54. The second-order valence-electron chi connectivity index (χ2n) is 7.15. The number of fused-ring (bicyclic) bond motifs is 3. The van der Waals surface area contributed by atoms with E-state index >= 15 is 0 Å². The molecule has 1 aromatic carbocycles. The smallest absolute Gasteiger partial charge is 0.323 e. The number of halogens is 1. The third-order valence-corrected chi connectivity index (χ3v) is 7.67. The van der Waals surface area contributed by atoms with E-state index in [1.807, 2.05) is 6.07 Å². The van der Waals surface area contributed by atoms with Crippen molar-refractivity contribution in [1.82, 2.24) is 13.9 Å². The Hall–Kier alpha value is -2.42. The summed E-state index contributed by atoms with van der Waals surface area (Å²) in [6, 6.07) is 9.52. The second kappa shape index (κ2) is 7.44. The number of likely N-dealkylation sites (N-methyl/N-ethyl adjacent to an activating group) is 1. The zero-order valence-corrected chi connectivity index (χ0v) is 17.3. The van der Waals surface area contributed by atoms with Gasteiger partial charge in [-0.1, -0.05) is 11.6 Å². The van der Waals surface area contributed by atoms with Gasteiger partial charge in [0.1, 0.15) is 6.54 Å². The molecule has 0 fully saturated rings. The first-order valence-corrected chi connectivity index (χ1v) is 11.0. The van der Waals surface area contributed by atoms with Crippen LogP contribution >= 0.6 is 11.6 Å². The Bertz CT molecular complexity index is 1190. The normalized spacial score (nSPS) is 16.9. The number of hydrogen-bond donors (Lipinski definition) is 1. The van der Waals surface area contributed by atoms with E-state index in [2.05, 4.69) is 4.98 Å². The van der Waals surface area contributed by atoms with Crippen LogP contribution in [0.2, 0.25) is 5.02 Å². The van der Waals surface area contributed by atoms with Crippen molar-refractivity contribution in [2.45, 2.75) is 36.7 Å². The van der Waals surface area contributed by atoms with E-state index in [9.17, 15) is 18.3 Å². The van der Waals surface area contributed by atoms with Crippen LogP contribution in [0, 0.1) is 0 Å². The molecule has 1 unspecified atom stereocenters. The molecule has 7 nitrogen and oxygen atoms in total. The summed E-state index contributed by atoms with van der Waals surface area (Å²) in [6.07, 6.45) is 3.35. The number of carboxylic acid groups (broad SMARTS) is 1. The summed E-state index contributed by atoms with van der Waals surface area (Å²) in [7, 11) is -2.08. The van der Waals surface area contributed by atoms with Gasteiger partial charge in [-0.05, 0) is 55.7 Å². The van der Waals surface area contributed by atoms with Gasteiger partial charge < -0.3 is 9.67 Å². The Morgan fingerprint density at radius 1 is 1.31 bits per heavy atom. The fraction of sp³-hybridized carbons (Fsp3) is 0.300. The van der Waals surface area contributed by atoms with Crippen LogP contribution in [0.3, 0.4) is 0 Å². The summed E-state index contributed by atoms with van der Waals surface area (Å²) in [5.41, 5.74) is 3.36. The first-order valence-electron chi connectivity index (χ1n) is 9.19. The second-order valence-corrected chi connectivity index (χ2v) is 9.58. The molecule has 0 aliphatic heterocycles. The molecule has 0 saturated heterocycles. The molecule has 2 aromatic heterocycles. The van der Waals surface area contributed by atoms with E-state index in [-0.39, 0.29) is 17.5 Å². The molecule has 0 amide bonds. The zero-order chi connectivity index (χ0) is 20.8. The van der Waals surface area contributed by atoms with Gasteiger partial charge in [-0.3, -0.25) is 9.78 Å². The van der Waals surface area contributed by atoms with Crippen LogP contribution in [0.1, 0.15) is 17.7 Å². The zero-order valence-electron chi connectivity index (χ0n) is 15.7. The van der Waals surface area contributed by atoms with Gasteiger partial charge in [-0.15, -0.1) is 0 Å². The van der Waals surface area contributed by atoms with Crippen LogP contribution < -0.4 is 0 Å². The van der Waals surface area contributed by atoms with Crippen molar-refractivity contribution in [2.24, 2.45) is 0 Å². The minimum atomic E-state index is -3.67. The maximum Gasteiger partial charge on any atom is 0.323 e. The number of aromatic nitrogens is 2. The highest BCUT2D eigenvalue weighted by Crippen LogP contribution is 2.34. The maximum atomic E-state index is 13.1. The van der Waals surface area contributed by atoms with Crippen LogP contribution in [0.4, 0.5) is 0 Å². The van der Waals surface area contributed by atoms with Gasteiger partial charge in [0, 0.05) is 35.6 Å². The molecular weight excluding hydrogens is 414 g/mol. The van der Waals surface area contributed by atoms with Crippen molar-refractivity contribution in [3.63, 3.8) is 0 Å². The summed E-state index contributed by atoms with van der Waals surface area (Å²) in [6.45, 7) is -0.138. The molecule has 152 valence electrons. The predicted molar refractivity (Wildman–Crippen MR) is 110 cm³/mol. The molecule has 1 atom stereocenters. The van der Waals surface area contributed by atoms with Crippen molar-refractivity contribution in [1.29, 1.82) is 0 Å². The lowest BCUT2D eigenvalue weighted by Gasteiger charge is -2.31. The average molecular weight is 434 g/mol. The Balaban J connectivity index is 1.70. The largest absolute Gasteiger partial charge is 0.480 e. The quantitative estimate of drug-likeness (QED) is 0.667. The van der Waals surface area contributed by atoms with Crippen molar-refractivity contribution < 1.29 is 18.3 Å². The predicted octanol–water partition coefficient (Wildman–Crippen LogP) is 2.95. The number of rotatable bonds is 5.